The number of hydrogen-bond acceptors (Lipinski definition) is 3. The third-order valence-electron chi connectivity index (χ3n) is 3.80. The highest BCUT2D eigenvalue weighted by atomic mass is 16.7. The van der Waals surface area contributed by atoms with Gasteiger partial charge in [0, 0.05) is 6.92 Å². The van der Waals surface area contributed by atoms with Gasteiger partial charge in [0.2, 0.25) is 5.91 Å². The Hall–Kier alpha value is -1.88. The molecule has 1 N–H and O–H groups in total. The number of carbonyl (C=O) groups excluding carboxylic acids is 2. The van der Waals surface area contributed by atoms with Crippen molar-refractivity contribution in [1.82, 2.24) is 10.4 Å². The molecule has 1 heterocycles. The maximum atomic E-state index is 12.1. The summed E-state index contributed by atoms with van der Waals surface area (Å²) in [6.07, 6.45) is 0.707. The van der Waals surface area contributed by atoms with Crippen LogP contribution in [0.2, 0.25) is 0 Å². The second kappa shape index (κ2) is 5.63. The summed E-state index contributed by atoms with van der Waals surface area (Å²) >= 11 is 0. The summed E-state index contributed by atoms with van der Waals surface area (Å²) in [7, 11) is 0. The van der Waals surface area contributed by atoms with E-state index in [1.54, 1.807) is 0 Å². The fraction of sp³-hybridized carbons (Fsp3) is 0.467. The van der Waals surface area contributed by atoms with E-state index in [9.17, 15) is 9.59 Å². The molecule has 0 aromatic heterocycles. The summed E-state index contributed by atoms with van der Waals surface area (Å²) in [5.74, 6) is -0.397. The van der Waals surface area contributed by atoms with Crippen molar-refractivity contribution in [3.8, 4) is 0 Å². The number of hydrogen-bond donors (Lipinski definition) is 1. The summed E-state index contributed by atoms with van der Waals surface area (Å²) in [6.45, 7) is 5.64. The van der Waals surface area contributed by atoms with Crippen LogP contribution in [0.15, 0.2) is 30.3 Å². The Morgan fingerprint density at radius 1 is 1.40 bits per heavy atom. The minimum absolute atomic E-state index is 0.194. The molecule has 5 nitrogen and oxygen atoms in total. The summed E-state index contributed by atoms with van der Waals surface area (Å²) in [5.41, 5.74) is 0.513. The van der Waals surface area contributed by atoms with E-state index >= 15 is 0 Å². The van der Waals surface area contributed by atoms with E-state index in [1.807, 2.05) is 44.2 Å². The molecular weight excluding hydrogens is 256 g/mol. The fourth-order valence-electron chi connectivity index (χ4n) is 2.38. The van der Waals surface area contributed by atoms with Crippen molar-refractivity contribution in [1.29, 1.82) is 0 Å². The van der Waals surface area contributed by atoms with Gasteiger partial charge in [0.05, 0.1) is 5.54 Å². The smallest absolute Gasteiger partial charge is 0.271 e. The number of nitrogens with one attached hydrogen (secondary N) is 1. The predicted molar refractivity (Wildman–Crippen MR) is 74.4 cm³/mol. The van der Waals surface area contributed by atoms with Crippen LogP contribution in [0.1, 0.15) is 32.8 Å². The quantitative estimate of drug-likeness (QED) is 0.832. The summed E-state index contributed by atoms with van der Waals surface area (Å²) in [5, 5.41) is 4.08. The minimum Gasteiger partial charge on any atom is -0.342 e. The molecule has 1 aliphatic heterocycles. The van der Waals surface area contributed by atoms with Crippen LogP contribution in [-0.2, 0) is 21.0 Å². The normalized spacial score (nSPS) is 25.2. The van der Waals surface area contributed by atoms with E-state index in [4.69, 9.17) is 4.84 Å². The molecule has 1 fully saturated rings. The van der Waals surface area contributed by atoms with Crippen LogP contribution in [0.3, 0.4) is 0 Å². The van der Waals surface area contributed by atoms with E-state index in [-0.39, 0.29) is 11.8 Å². The lowest BCUT2D eigenvalue weighted by Crippen LogP contribution is -2.77. The summed E-state index contributed by atoms with van der Waals surface area (Å²) < 4.78 is 0. The van der Waals surface area contributed by atoms with Gasteiger partial charge in [0.15, 0.2) is 0 Å². The van der Waals surface area contributed by atoms with Crippen LogP contribution in [-0.4, -0.2) is 28.5 Å². The molecule has 2 rings (SSSR count). The first-order valence-corrected chi connectivity index (χ1v) is 6.77. The average Bonchev–Trinajstić information content (AvgIpc) is 2.45. The largest absolute Gasteiger partial charge is 0.342 e. The summed E-state index contributed by atoms with van der Waals surface area (Å²) in [6, 6.07) is 9.17. The van der Waals surface area contributed by atoms with Crippen LogP contribution in [0.25, 0.3) is 0 Å². The van der Waals surface area contributed by atoms with Gasteiger partial charge in [-0.1, -0.05) is 37.3 Å². The molecule has 2 atom stereocenters. The first kappa shape index (κ1) is 14.5. The van der Waals surface area contributed by atoms with E-state index in [0.717, 1.165) is 5.56 Å². The van der Waals surface area contributed by atoms with Gasteiger partial charge in [-0.05, 0) is 18.9 Å². The maximum Gasteiger partial charge on any atom is 0.271 e. The molecule has 5 heteroatoms. The molecule has 0 bridgehead atoms. The number of benzene rings is 1. The molecule has 108 valence electrons. The standard InChI is InChI=1S/C15H20N2O3/c1-4-15(3)13(16-11(2)18)14(19)17(15)20-10-12-8-6-5-7-9-12/h5-9,13H,4,10H2,1-3H3,(H,16,18)/t13-,15-/m1/s1. The van der Waals surface area contributed by atoms with Crippen LogP contribution in [0, 0.1) is 0 Å². The third-order valence-corrected chi connectivity index (χ3v) is 3.80. The molecule has 20 heavy (non-hydrogen) atoms. The predicted octanol–water partition coefficient (Wildman–Crippen LogP) is 1.63. The van der Waals surface area contributed by atoms with Crippen molar-refractivity contribution in [3.05, 3.63) is 35.9 Å². The Labute approximate surface area is 118 Å². The van der Waals surface area contributed by atoms with Crippen LogP contribution >= 0.6 is 0 Å². The van der Waals surface area contributed by atoms with Crippen LogP contribution < -0.4 is 5.32 Å². The average molecular weight is 276 g/mol. The lowest BCUT2D eigenvalue weighted by Gasteiger charge is -2.53. The molecule has 1 aromatic carbocycles. The summed E-state index contributed by atoms with van der Waals surface area (Å²) in [4.78, 5) is 28.9. The Kier molecular flexibility index (Phi) is 4.09. The van der Waals surface area contributed by atoms with Crippen molar-refractivity contribution < 1.29 is 14.4 Å². The van der Waals surface area contributed by atoms with Crippen LogP contribution in [0.4, 0.5) is 0 Å². The first-order chi connectivity index (χ1) is 9.49. The molecule has 1 aromatic rings. The minimum atomic E-state index is -0.499. The van der Waals surface area contributed by atoms with Crippen LogP contribution in [0.5, 0.6) is 0 Å². The number of hydroxylamine groups is 2. The van der Waals surface area contributed by atoms with Crippen molar-refractivity contribution in [2.75, 3.05) is 0 Å². The zero-order chi connectivity index (χ0) is 14.8. The number of β-lactam (4-membered cyclic amide) rings is 1. The van der Waals surface area contributed by atoms with Gasteiger partial charge in [-0.2, -0.15) is 0 Å². The second-order valence-electron chi connectivity index (χ2n) is 5.24. The number of amides is 2. The molecule has 1 saturated heterocycles. The maximum absolute atomic E-state index is 12.1. The van der Waals surface area contributed by atoms with Gasteiger partial charge in [-0.25, -0.2) is 5.06 Å². The molecule has 0 unspecified atom stereocenters. The van der Waals surface area contributed by atoms with Crippen molar-refractivity contribution in [2.24, 2.45) is 0 Å². The topological polar surface area (TPSA) is 58.6 Å². The highest BCUT2D eigenvalue weighted by Crippen LogP contribution is 2.35. The lowest BCUT2D eigenvalue weighted by molar-refractivity contribution is -0.268. The number of nitrogens with zero attached hydrogens (tertiary/aromatic N) is 1. The monoisotopic (exact) mass is 276 g/mol. The Bertz CT molecular complexity index is 503. The Morgan fingerprint density at radius 2 is 2.05 bits per heavy atom. The van der Waals surface area contributed by atoms with Gasteiger partial charge in [0.25, 0.3) is 5.91 Å². The molecular formula is C15H20N2O3. The van der Waals surface area contributed by atoms with Gasteiger partial charge >= 0.3 is 0 Å². The van der Waals surface area contributed by atoms with E-state index in [0.29, 0.717) is 13.0 Å². The highest BCUT2D eigenvalue weighted by molar-refractivity contribution is 5.93. The zero-order valence-electron chi connectivity index (χ0n) is 12.1. The zero-order valence-corrected chi connectivity index (χ0v) is 12.1. The van der Waals surface area contributed by atoms with E-state index < -0.39 is 11.6 Å². The van der Waals surface area contributed by atoms with Crippen molar-refractivity contribution in [2.45, 2.75) is 45.4 Å². The molecule has 0 radical (unpaired) electrons. The SMILES string of the molecule is CC[C@]1(C)[C@H](NC(C)=O)C(=O)N1OCc1ccccc1. The number of carbonyl (C=O) groups is 2. The lowest BCUT2D eigenvalue weighted by atomic mass is 9.80. The Morgan fingerprint density at radius 3 is 2.60 bits per heavy atom. The van der Waals surface area contributed by atoms with Gasteiger partial charge in [-0.3, -0.25) is 14.4 Å². The molecule has 0 saturated carbocycles. The Balaban J connectivity index is 2.01. The van der Waals surface area contributed by atoms with Gasteiger partial charge < -0.3 is 5.32 Å². The third kappa shape index (κ3) is 2.54. The van der Waals surface area contributed by atoms with Crippen molar-refractivity contribution in [3.63, 3.8) is 0 Å². The highest BCUT2D eigenvalue weighted by Gasteiger charge is 2.57. The first-order valence-electron chi connectivity index (χ1n) is 6.77. The fourth-order valence-corrected chi connectivity index (χ4v) is 2.38. The molecule has 0 spiro atoms. The van der Waals surface area contributed by atoms with Gasteiger partial charge in [-0.15, -0.1) is 0 Å². The second-order valence-corrected chi connectivity index (χ2v) is 5.24. The van der Waals surface area contributed by atoms with Crippen molar-refractivity contribution >= 4 is 11.8 Å². The van der Waals surface area contributed by atoms with Gasteiger partial charge in [0.1, 0.15) is 12.6 Å². The molecule has 2 amide bonds. The molecule has 0 aliphatic carbocycles. The van der Waals surface area contributed by atoms with E-state index in [2.05, 4.69) is 5.32 Å². The van der Waals surface area contributed by atoms with E-state index in [1.165, 1.54) is 12.0 Å². The molecule has 1 aliphatic rings. The number of rotatable bonds is 5.